The first-order valence-corrected chi connectivity index (χ1v) is 7.32. The third kappa shape index (κ3) is 4.27. The maximum atomic E-state index is 11.4. The van der Waals surface area contributed by atoms with Gasteiger partial charge in [0, 0.05) is 6.20 Å². The lowest BCUT2D eigenvalue weighted by atomic mass is 10.1. The molecule has 1 amide bonds. The predicted molar refractivity (Wildman–Crippen MR) is 90.2 cm³/mol. The molecule has 0 fully saturated rings. The fraction of sp³-hybridized carbons (Fsp3) is 0.222. The number of anilines is 1. The summed E-state index contributed by atoms with van der Waals surface area (Å²) < 4.78 is 0. The third-order valence-corrected chi connectivity index (χ3v) is 3.45. The normalized spacial score (nSPS) is 11.3. The molecule has 22 heavy (non-hydrogen) atoms. The van der Waals surface area contributed by atoms with Crippen molar-refractivity contribution in [2.75, 3.05) is 11.4 Å². The van der Waals surface area contributed by atoms with Crippen LogP contribution in [0.25, 0.3) is 5.57 Å². The van der Waals surface area contributed by atoms with E-state index in [-0.39, 0.29) is 0 Å². The average Bonchev–Trinajstić information content (AvgIpc) is 2.58. The zero-order chi connectivity index (χ0) is 15.8. The van der Waals surface area contributed by atoms with E-state index in [0.29, 0.717) is 13.1 Å². The van der Waals surface area contributed by atoms with Crippen molar-refractivity contribution in [2.45, 2.75) is 19.9 Å². The first-order chi connectivity index (χ1) is 10.7. The van der Waals surface area contributed by atoms with E-state index in [1.54, 1.807) is 17.3 Å². The highest BCUT2D eigenvalue weighted by Crippen LogP contribution is 2.21. The molecular weight excluding hydrogens is 274 g/mol. The molecule has 2 aromatic rings. The monoisotopic (exact) mass is 295 g/mol. The Kier molecular flexibility index (Phi) is 5.86. The van der Waals surface area contributed by atoms with Crippen LogP contribution in [0, 0.1) is 0 Å². The Morgan fingerprint density at radius 1 is 1.27 bits per heavy atom. The van der Waals surface area contributed by atoms with Gasteiger partial charge >= 0.3 is 0 Å². The molecule has 0 radical (unpaired) electrons. The van der Waals surface area contributed by atoms with E-state index in [9.17, 15) is 4.79 Å². The van der Waals surface area contributed by atoms with E-state index >= 15 is 0 Å². The number of nitrogens with two attached hydrogens (primary N) is 1. The molecule has 0 saturated carbocycles. The van der Waals surface area contributed by atoms with Gasteiger partial charge in [-0.15, -0.1) is 0 Å². The summed E-state index contributed by atoms with van der Waals surface area (Å²) in [5.41, 5.74) is 9.52. The molecule has 0 bridgehead atoms. The van der Waals surface area contributed by atoms with Crippen molar-refractivity contribution in [3.8, 4) is 0 Å². The number of benzene rings is 1. The van der Waals surface area contributed by atoms with Crippen LogP contribution < -0.4 is 10.6 Å². The van der Waals surface area contributed by atoms with Gasteiger partial charge < -0.3 is 10.6 Å². The molecule has 0 unspecified atom stereocenters. The lowest BCUT2D eigenvalue weighted by Gasteiger charge is -2.18. The number of amides is 1. The number of hydrogen-bond acceptors (Lipinski definition) is 3. The average molecular weight is 295 g/mol. The van der Waals surface area contributed by atoms with E-state index in [1.807, 2.05) is 43.3 Å². The van der Waals surface area contributed by atoms with E-state index in [2.05, 4.69) is 11.1 Å². The van der Waals surface area contributed by atoms with Gasteiger partial charge in [-0.2, -0.15) is 0 Å². The van der Waals surface area contributed by atoms with Gasteiger partial charge in [-0.3, -0.25) is 9.78 Å². The second-order valence-corrected chi connectivity index (χ2v) is 5.12. The summed E-state index contributed by atoms with van der Waals surface area (Å²) in [5, 5.41) is 0. The van der Waals surface area contributed by atoms with Gasteiger partial charge in [-0.25, -0.2) is 0 Å². The molecule has 2 N–H and O–H groups in total. The highest BCUT2D eigenvalue weighted by molar-refractivity contribution is 5.77. The second-order valence-electron chi connectivity index (χ2n) is 5.12. The zero-order valence-corrected chi connectivity index (χ0v) is 12.8. The Morgan fingerprint density at radius 3 is 2.73 bits per heavy atom. The first kappa shape index (κ1) is 15.9. The van der Waals surface area contributed by atoms with Crippen LogP contribution in [0.15, 0.2) is 54.9 Å². The van der Waals surface area contributed by atoms with Crippen LogP contribution in [-0.2, 0) is 11.3 Å². The number of nitrogens with zero attached hydrogens (tertiary/aromatic N) is 2. The summed E-state index contributed by atoms with van der Waals surface area (Å²) in [4.78, 5) is 17.3. The van der Waals surface area contributed by atoms with Crippen molar-refractivity contribution in [3.05, 3.63) is 66.0 Å². The topological polar surface area (TPSA) is 59.2 Å². The molecule has 1 heterocycles. The molecule has 0 aliphatic heterocycles. The van der Waals surface area contributed by atoms with Gasteiger partial charge in [0.05, 0.1) is 18.4 Å². The van der Waals surface area contributed by atoms with Crippen LogP contribution in [0.5, 0.6) is 0 Å². The van der Waals surface area contributed by atoms with Crippen LogP contribution >= 0.6 is 0 Å². The maximum absolute atomic E-state index is 11.4. The number of carbonyl (C=O) groups is 1. The zero-order valence-electron chi connectivity index (χ0n) is 12.8. The van der Waals surface area contributed by atoms with E-state index < -0.39 is 0 Å². The fourth-order valence-corrected chi connectivity index (χ4v) is 2.19. The molecule has 0 aliphatic rings. The van der Waals surface area contributed by atoms with E-state index in [0.717, 1.165) is 35.2 Å². The van der Waals surface area contributed by atoms with Crippen LogP contribution in [-0.4, -0.2) is 17.9 Å². The van der Waals surface area contributed by atoms with Crippen molar-refractivity contribution in [1.82, 2.24) is 4.98 Å². The first-order valence-electron chi connectivity index (χ1n) is 7.32. The largest absolute Gasteiger partial charge is 0.330 e. The summed E-state index contributed by atoms with van der Waals surface area (Å²) in [6, 6.07) is 11.9. The van der Waals surface area contributed by atoms with E-state index in [4.69, 9.17) is 5.73 Å². The Balaban J connectivity index is 2.21. The minimum Gasteiger partial charge on any atom is -0.330 e. The molecular formula is C18H21N3O. The van der Waals surface area contributed by atoms with Gasteiger partial charge in [-0.05, 0) is 42.7 Å². The highest BCUT2D eigenvalue weighted by atomic mass is 16.1. The smallest absolute Gasteiger partial charge is 0.214 e. The molecule has 4 heteroatoms. The molecule has 2 rings (SSSR count). The number of allylic oxidation sites excluding steroid dienone is 1. The predicted octanol–water partition coefficient (Wildman–Crippen LogP) is 3.00. The fourth-order valence-electron chi connectivity index (χ4n) is 2.19. The molecule has 4 nitrogen and oxygen atoms in total. The summed E-state index contributed by atoms with van der Waals surface area (Å²) in [7, 11) is 0. The molecule has 114 valence electrons. The Morgan fingerprint density at radius 2 is 2.05 bits per heavy atom. The third-order valence-electron chi connectivity index (χ3n) is 3.45. The molecule has 0 aliphatic carbocycles. The van der Waals surface area contributed by atoms with Crippen molar-refractivity contribution in [1.29, 1.82) is 0 Å². The number of rotatable bonds is 7. The highest BCUT2D eigenvalue weighted by Gasteiger charge is 2.08. The Bertz CT molecular complexity index is 638. The van der Waals surface area contributed by atoms with Crippen molar-refractivity contribution >= 4 is 17.7 Å². The van der Waals surface area contributed by atoms with Crippen LogP contribution in [0.3, 0.4) is 0 Å². The van der Waals surface area contributed by atoms with Gasteiger partial charge in [0.2, 0.25) is 6.41 Å². The van der Waals surface area contributed by atoms with E-state index in [1.165, 1.54) is 0 Å². The second kappa shape index (κ2) is 8.10. The van der Waals surface area contributed by atoms with Gasteiger partial charge in [-0.1, -0.05) is 36.4 Å². The Labute approximate surface area is 131 Å². The minimum absolute atomic E-state index is 0.529. The van der Waals surface area contributed by atoms with Crippen molar-refractivity contribution in [2.24, 2.45) is 5.73 Å². The summed E-state index contributed by atoms with van der Waals surface area (Å²) >= 11 is 0. The Hall–Kier alpha value is -2.46. The summed E-state index contributed by atoms with van der Waals surface area (Å²) in [6.45, 7) is 3.18. The van der Waals surface area contributed by atoms with Gasteiger partial charge in [0.25, 0.3) is 0 Å². The van der Waals surface area contributed by atoms with Crippen molar-refractivity contribution < 1.29 is 4.79 Å². The maximum Gasteiger partial charge on any atom is 0.214 e. The number of aromatic nitrogens is 1. The van der Waals surface area contributed by atoms with Crippen LogP contribution in [0.1, 0.15) is 24.5 Å². The lowest BCUT2D eigenvalue weighted by molar-refractivity contribution is -0.107. The lowest BCUT2D eigenvalue weighted by Crippen LogP contribution is -2.20. The molecule has 0 atom stereocenters. The van der Waals surface area contributed by atoms with Crippen LogP contribution in [0.2, 0.25) is 0 Å². The van der Waals surface area contributed by atoms with Crippen LogP contribution in [0.4, 0.5) is 5.69 Å². The number of carbonyl (C=O) groups excluding carboxylic acids is 1. The van der Waals surface area contributed by atoms with Gasteiger partial charge in [0.15, 0.2) is 0 Å². The molecule has 1 aromatic carbocycles. The molecule has 0 saturated heterocycles. The summed E-state index contributed by atoms with van der Waals surface area (Å²) in [6.07, 6.45) is 7.27. The molecule has 0 spiro atoms. The van der Waals surface area contributed by atoms with Crippen molar-refractivity contribution in [3.63, 3.8) is 0 Å². The number of pyridine rings is 1. The number of hydrogen-bond donors (Lipinski definition) is 1. The van der Waals surface area contributed by atoms with Gasteiger partial charge in [0.1, 0.15) is 0 Å². The quantitative estimate of drug-likeness (QED) is 0.799. The SMILES string of the molecule is CC(=CCCN)c1cncc(N(C=O)Cc2ccccc2)c1. The molecule has 1 aromatic heterocycles. The minimum atomic E-state index is 0.529. The summed E-state index contributed by atoms with van der Waals surface area (Å²) in [5.74, 6) is 0. The standard InChI is InChI=1S/C18H21N3O/c1-15(6-5-9-19)17-10-18(12-20-11-17)21(14-22)13-16-7-3-2-4-8-16/h2-4,6-8,10-12,14H,5,9,13,19H2,1H3.